The molecular weight excluding hydrogens is 326 g/mol. The number of ether oxygens (including phenoxy) is 2. The minimum Gasteiger partial charge on any atom is -0.493 e. The number of nitrogens with zero attached hydrogens (tertiary/aromatic N) is 3. The number of morpholine rings is 1. The Bertz CT molecular complexity index is 761. The van der Waals surface area contributed by atoms with Crippen molar-refractivity contribution in [1.29, 1.82) is 0 Å². The monoisotopic (exact) mass is 347 g/mol. The summed E-state index contributed by atoms with van der Waals surface area (Å²) in [6.07, 6.45) is 4.87. The van der Waals surface area contributed by atoms with Crippen molar-refractivity contribution in [2.75, 3.05) is 26.3 Å². The molecule has 0 saturated carbocycles. The maximum absolute atomic E-state index is 6.29. The first-order chi connectivity index (χ1) is 11.5. The van der Waals surface area contributed by atoms with Crippen molar-refractivity contribution in [2.24, 2.45) is 7.05 Å². The van der Waals surface area contributed by atoms with Crippen LogP contribution in [0.4, 0.5) is 0 Å². The lowest BCUT2D eigenvalue weighted by Crippen LogP contribution is -2.47. The second-order valence-electron chi connectivity index (χ2n) is 6.84. The van der Waals surface area contributed by atoms with Gasteiger partial charge in [0.15, 0.2) is 0 Å². The average Bonchev–Trinajstić information content (AvgIpc) is 3.16. The minimum absolute atomic E-state index is 0.338. The molecular formula is C18H22ClN3O2. The molecule has 0 radical (unpaired) electrons. The first-order valence-corrected chi connectivity index (χ1v) is 8.71. The Kier molecular flexibility index (Phi) is 4.03. The van der Waals surface area contributed by atoms with E-state index in [2.05, 4.69) is 16.9 Å². The van der Waals surface area contributed by atoms with Gasteiger partial charge in [-0.25, -0.2) is 0 Å². The van der Waals surface area contributed by atoms with E-state index in [0.29, 0.717) is 6.61 Å². The quantitative estimate of drug-likeness (QED) is 0.856. The summed E-state index contributed by atoms with van der Waals surface area (Å²) < 4.78 is 13.8. The molecule has 1 fully saturated rings. The summed E-state index contributed by atoms with van der Waals surface area (Å²) in [6.45, 7) is 6.13. The molecule has 2 aliphatic rings. The number of hydrogen-bond donors (Lipinski definition) is 0. The highest BCUT2D eigenvalue weighted by molar-refractivity contribution is 6.30. The van der Waals surface area contributed by atoms with E-state index >= 15 is 0 Å². The molecule has 0 bridgehead atoms. The Labute approximate surface area is 147 Å². The Balaban J connectivity index is 1.56. The normalized spacial score (nSPS) is 24.0. The number of fused-ring (bicyclic) bond motifs is 1. The van der Waals surface area contributed by atoms with E-state index in [1.165, 1.54) is 11.1 Å². The summed E-state index contributed by atoms with van der Waals surface area (Å²) in [5.41, 5.74) is 3.17. The topological polar surface area (TPSA) is 39.5 Å². The van der Waals surface area contributed by atoms with Crippen LogP contribution in [0.3, 0.4) is 0 Å². The van der Waals surface area contributed by atoms with Gasteiger partial charge in [0.2, 0.25) is 0 Å². The number of hydrogen-bond acceptors (Lipinski definition) is 4. The number of benzene rings is 1. The molecule has 5 nitrogen and oxygen atoms in total. The van der Waals surface area contributed by atoms with E-state index in [0.717, 1.165) is 49.0 Å². The fourth-order valence-electron chi connectivity index (χ4n) is 3.66. The van der Waals surface area contributed by atoms with E-state index in [1.54, 1.807) is 0 Å². The summed E-state index contributed by atoms with van der Waals surface area (Å²) in [6, 6.07) is 4.05. The van der Waals surface area contributed by atoms with E-state index in [4.69, 9.17) is 21.1 Å². The molecule has 24 heavy (non-hydrogen) atoms. The lowest BCUT2D eigenvalue weighted by atomic mass is 9.96. The number of aryl methyl sites for hydroxylation is 1. The van der Waals surface area contributed by atoms with Crippen molar-refractivity contribution < 1.29 is 9.47 Å². The molecule has 128 valence electrons. The highest BCUT2D eigenvalue weighted by Crippen LogP contribution is 2.35. The molecule has 0 amide bonds. The van der Waals surface area contributed by atoms with Crippen molar-refractivity contribution in [3.05, 3.63) is 46.2 Å². The third kappa shape index (κ3) is 2.92. The smallest absolute Gasteiger partial charge is 0.127 e. The van der Waals surface area contributed by atoms with Crippen molar-refractivity contribution in [2.45, 2.75) is 25.5 Å². The van der Waals surface area contributed by atoms with Gasteiger partial charge in [-0.2, -0.15) is 5.10 Å². The third-order valence-electron chi connectivity index (χ3n) is 4.89. The molecule has 3 heterocycles. The largest absolute Gasteiger partial charge is 0.493 e. The summed E-state index contributed by atoms with van der Waals surface area (Å²) in [4.78, 5) is 2.41. The molecule has 1 saturated heterocycles. The van der Waals surface area contributed by atoms with Crippen LogP contribution in [0, 0.1) is 0 Å². The summed E-state index contributed by atoms with van der Waals surface area (Å²) in [7, 11) is 1.93. The predicted octanol–water partition coefficient (Wildman–Crippen LogP) is 2.76. The lowest BCUT2D eigenvalue weighted by molar-refractivity contribution is -0.105. The van der Waals surface area contributed by atoms with E-state index in [-0.39, 0.29) is 5.60 Å². The molecule has 0 spiro atoms. The van der Waals surface area contributed by atoms with Gasteiger partial charge in [-0.3, -0.25) is 9.58 Å². The van der Waals surface area contributed by atoms with Crippen LogP contribution in [0.1, 0.15) is 23.6 Å². The standard InChI is InChI=1S/C18H22ClN3O2/c1-18(15-9-20-21(2)11-15)12-22(4-6-24-18)10-14-8-16(19)7-13-3-5-23-17(13)14/h7-9,11H,3-6,10,12H2,1-2H3/t18-/m0/s1. The van der Waals surface area contributed by atoms with E-state index < -0.39 is 0 Å². The number of halogens is 1. The molecule has 0 N–H and O–H groups in total. The van der Waals surface area contributed by atoms with Gasteiger partial charge in [0.1, 0.15) is 11.4 Å². The number of rotatable bonds is 3. The zero-order valence-corrected chi connectivity index (χ0v) is 14.8. The second-order valence-corrected chi connectivity index (χ2v) is 7.28. The summed E-state index contributed by atoms with van der Waals surface area (Å²) >= 11 is 6.29. The molecule has 1 atom stereocenters. The molecule has 1 aromatic heterocycles. The first kappa shape index (κ1) is 15.9. The van der Waals surface area contributed by atoms with Gasteiger partial charge in [0.05, 0.1) is 19.4 Å². The number of aromatic nitrogens is 2. The Morgan fingerprint density at radius 2 is 2.21 bits per heavy atom. The summed E-state index contributed by atoms with van der Waals surface area (Å²) in [5, 5.41) is 5.07. The maximum atomic E-state index is 6.29. The maximum Gasteiger partial charge on any atom is 0.127 e. The van der Waals surface area contributed by atoms with Gasteiger partial charge in [0.25, 0.3) is 0 Å². The van der Waals surface area contributed by atoms with Gasteiger partial charge < -0.3 is 9.47 Å². The van der Waals surface area contributed by atoms with Gasteiger partial charge >= 0.3 is 0 Å². The zero-order valence-electron chi connectivity index (χ0n) is 14.1. The van der Waals surface area contributed by atoms with Crippen LogP contribution < -0.4 is 4.74 Å². The van der Waals surface area contributed by atoms with E-state index in [1.807, 2.05) is 36.3 Å². The van der Waals surface area contributed by atoms with Crippen LogP contribution in [-0.4, -0.2) is 41.0 Å². The molecule has 0 unspecified atom stereocenters. The van der Waals surface area contributed by atoms with Gasteiger partial charge in [-0.1, -0.05) is 11.6 Å². The zero-order chi connectivity index (χ0) is 16.7. The molecule has 4 rings (SSSR count). The van der Waals surface area contributed by atoms with Crippen LogP contribution in [-0.2, 0) is 30.4 Å². The highest BCUT2D eigenvalue weighted by Gasteiger charge is 2.35. The Hall–Kier alpha value is -1.56. The molecule has 1 aromatic carbocycles. The fourth-order valence-corrected chi connectivity index (χ4v) is 3.92. The van der Waals surface area contributed by atoms with Crippen LogP contribution in [0.2, 0.25) is 5.02 Å². The summed E-state index contributed by atoms with van der Waals surface area (Å²) in [5.74, 6) is 1.02. The van der Waals surface area contributed by atoms with Crippen LogP contribution >= 0.6 is 11.6 Å². The fraction of sp³-hybridized carbons (Fsp3) is 0.500. The van der Waals surface area contributed by atoms with Crippen molar-refractivity contribution >= 4 is 11.6 Å². The van der Waals surface area contributed by atoms with Crippen molar-refractivity contribution in [3.63, 3.8) is 0 Å². The second kappa shape index (κ2) is 6.06. The van der Waals surface area contributed by atoms with Crippen LogP contribution in [0.25, 0.3) is 0 Å². The third-order valence-corrected chi connectivity index (χ3v) is 5.11. The van der Waals surface area contributed by atoms with Crippen LogP contribution in [0.5, 0.6) is 5.75 Å². The van der Waals surface area contributed by atoms with Crippen LogP contribution in [0.15, 0.2) is 24.5 Å². The predicted molar refractivity (Wildman–Crippen MR) is 92.4 cm³/mol. The first-order valence-electron chi connectivity index (χ1n) is 8.33. The van der Waals surface area contributed by atoms with Gasteiger partial charge in [-0.05, 0) is 24.6 Å². The van der Waals surface area contributed by atoms with E-state index in [9.17, 15) is 0 Å². The Morgan fingerprint density at radius 3 is 3.00 bits per heavy atom. The van der Waals surface area contributed by atoms with Crippen molar-refractivity contribution in [3.8, 4) is 5.75 Å². The highest BCUT2D eigenvalue weighted by atomic mass is 35.5. The Morgan fingerprint density at radius 1 is 1.33 bits per heavy atom. The molecule has 2 aromatic rings. The molecule has 6 heteroatoms. The molecule has 0 aliphatic carbocycles. The molecule has 2 aliphatic heterocycles. The minimum atomic E-state index is -0.338. The van der Waals surface area contributed by atoms with Gasteiger partial charge in [-0.15, -0.1) is 0 Å². The average molecular weight is 348 g/mol. The SMILES string of the molecule is Cn1cc([C@]2(C)CN(Cc3cc(Cl)cc4c3OCC4)CCO2)cn1. The van der Waals surface area contributed by atoms with Gasteiger partial charge in [0, 0.05) is 55.4 Å². The lowest BCUT2D eigenvalue weighted by Gasteiger charge is -2.40. The van der Waals surface area contributed by atoms with Crippen molar-refractivity contribution in [1.82, 2.24) is 14.7 Å².